The Balaban J connectivity index is 2.26. The summed E-state index contributed by atoms with van der Waals surface area (Å²) >= 11 is 0. The quantitative estimate of drug-likeness (QED) is 0.862. The number of aryl methyl sites for hydroxylation is 1. The van der Waals surface area contributed by atoms with Crippen molar-refractivity contribution in [1.82, 2.24) is 25.0 Å². The van der Waals surface area contributed by atoms with Crippen LogP contribution >= 0.6 is 0 Å². The molecule has 1 aliphatic heterocycles. The predicted molar refractivity (Wildman–Crippen MR) is 109 cm³/mol. The molecule has 1 aliphatic rings. The van der Waals surface area contributed by atoms with E-state index in [9.17, 15) is 9.59 Å². The molecule has 7 heteroatoms. The molecule has 0 aliphatic carbocycles. The van der Waals surface area contributed by atoms with Crippen molar-refractivity contribution >= 4 is 22.8 Å². The van der Waals surface area contributed by atoms with Gasteiger partial charge >= 0.3 is 0 Å². The third kappa shape index (κ3) is 3.16. The first-order valence-electron chi connectivity index (χ1n) is 9.86. The number of carbonyl (C=O) groups excluding carboxylic acids is 2. The Labute approximate surface area is 166 Å². The van der Waals surface area contributed by atoms with Gasteiger partial charge in [-0.05, 0) is 53.5 Å². The molecule has 1 fully saturated rings. The lowest BCUT2D eigenvalue weighted by Gasteiger charge is -2.41. The van der Waals surface area contributed by atoms with Crippen LogP contribution in [0.1, 0.15) is 76.1 Å². The summed E-state index contributed by atoms with van der Waals surface area (Å²) in [5.74, 6) is -0.119. The van der Waals surface area contributed by atoms with Gasteiger partial charge in [-0.15, -0.1) is 0 Å². The summed E-state index contributed by atoms with van der Waals surface area (Å²) in [4.78, 5) is 32.5. The first-order valence-corrected chi connectivity index (χ1v) is 9.86. The van der Waals surface area contributed by atoms with E-state index >= 15 is 0 Å². The summed E-state index contributed by atoms with van der Waals surface area (Å²) in [5, 5.41) is 8.32. The van der Waals surface area contributed by atoms with Crippen LogP contribution in [0, 0.1) is 6.92 Å². The highest BCUT2D eigenvalue weighted by atomic mass is 16.2. The van der Waals surface area contributed by atoms with Gasteiger partial charge in [-0.1, -0.05) is 13.8 Å². The summed E-state index contributed by atoms with van der Waals surface area (Å²) in [5.41, 5.74) is 1.75. The molecule has 2 aromatic rings. The first-order chi connectivity index (χ1) is 12.9. The predicted octanol–water partition coefficient (Wildman–Crippen LogP) is 2.97. The Kier molecular flexibility index (Phi) is 4.76. The molecule has 0 aromatic carbocycles. The van der Waals surface area contributed by atoms with Gasteiger partial charge in [0.1, 0.15) is 5.54 Å². The molecule has 0 atom stereocenters. The van der Waals surface area contributed by atoms with Gasteiger partial charge in [0.05, 0.1) is 22.2 Å². The Morgan fingerprint density at radius 2 is 1.93 bits per heavy atom. The smallest absolute Gasteiger partial charge is 0.255 e. The molecular weight excluding hydrogens is 354 g/mol. The number of nitrogens with one attached hydrogen (secondary N) is 1. The maximum absolute atomic E-state index is 13.6. The molecule has 0 radical (unpaired) electrons. The molecule has 3 heterocycles. The number of nitrogens with zero attached hydrogens (tertiary/aromatic N) is 4. The Morgan fingerprint density at radius 3 is 2.50 bits per heavy atom. The average molecular weight is 386 g/mol. The minimum atomic E-state index is -0.906. The average Bonchev–Trinajstić information content (AvgIpc) is 2.93. The Bertz CT molecular complexity index is 950. The molecule has 1 saturated heterocycles. The van der Waals surface area contributed by atoms with Crippen LogP contribution in [0.4, 0.5) is 0 Å². The normalized spacial score (nSPS) is 17.3. The highest BCUT2D eigenvalue weighted by Crippen LogP contribution is 2.31. The van der Waals surface area contributed by atoms with E-state index in [1.165, 1.54) is 0 Å². The van der Waals surface area contributed by atoms with Gasteiger partial charge in [-0.25, -0.2) is 9.67 Å². The maximum Gasteiger partial charge on any atom is 0.255 e. The van der Waals surface area contributed by atoms with Crippen molar-refractivity contribution < 1.29 is 9.59 Å². The molecule has 2 aromatic heterocycles. The van der Waals surface area contributed by atoms with Gasteiger partial charge in [0, 0.05) is 18.8 Å². The Morgan fingerprint density at radius 1 is 1.29 bits per heavy atom. The summed E-state index contributed by atoms with van der Waals surface area (Å²) in [6.45, 7) is 16.7. The molecule has 0 spiro atoms. The van der Waals surface area contributed by atoms with Gasteiger partial charge in [0.2, 0.25) is 5.91 Å². The number of rotatable bonds is 2. The van der Waals surface area contributed by atoms with Crippen molar-refractivity contribution in [3.63, 3.8) is 0 Å². The third-order valence-corrected chi connectivity index (χ3v) is 5.39. The second kappa shape index (κ2) is 6.57. The second-order valence-corrected chi connectivity index (χ2v) is 9.39. The fourth-order valence-corrected chi connectivity index (χ4v) is 3.64. The lowest BCUT2D eigenvalue weighted by Crippen LogP contribution is -2.63. The lowest BCUT2D eigenvalue weighted by molar-refractivity contribution is -0.133. The molecule has 28 heavy (non-hydrogen) atoms. The lowest BCUT2D eigenvalue weighted by atomic mass is 9.96. The minimum Gasteiger partial charge on any atom is -0.352 e. The molecule has 0 unspecified atom stereocenters. The van der Waals surface area contributed by atoms with Crippen LogP contribution in [0.2, 0.25) is 0 Å². The fourth-order valence-electron chi connectivity index (χ4n) is 3.64. The van der Waals surface area contributed by atoms with Crippen LogP contribution in [0.15, 0.2) is 6.07 Å². The highest BCUT2D eigenvalue weighted by molar-refractivity contribution is 6.08. The van der Waals surface area contributed by atoms with E-state index in [-0.39, 0.29) is 23.3 Å². The highest BCUT2D eigenvalue weighted by Gasteiger charge is 2.41. The van der Waals surface area contributed by atoms with Gasteiger partial charge in [0.25, 0.3) is 5.91 Å². The van der Waals surface area contributed by atoms with Crippen LogP contribution in [-0.2, 0) is 10.3 Å². The summed E-state index contributed by atoms with van der Waals surface area (Å²) in [7, 11) is 0. The van der Waals surface area contributed by atoms with Crippen molar-refractivity contribution in [1.29, 1.82) is 0 Å². The SMILES string of the molecule is Cc1nn(C(C)(C)C)c2nc(C(C)C)cc(C(=O)N3CCNC(=O)C3(C)C)c12. The third-order valence-electron chi connectivity index (χ3n) is 5.39. The van der Waals surface area contributed by atoms with E-state index in [0.717, 1.165) is 22.4 Å². The number of hydrogen-bond acceptors (Lipinski definition) is 4. The van der Waals surface area contributed by atoms with Gasteiger partial charge in [-0.3, -0.25) is 9.59 Å². The first kappa shape index (κ1) is 20.3. The monoisotopic (exact) mass is 385 g/mol. The zero-order valence-corrected chi connectivity index (χ0v) is 18.2. The number of pyridine rings is 1. The van der Waals surface area contributed by atoms with Crippen LogP contribution in [0.25, 0.3) is 11.0 Å². The number of piperazine rings is 1. The van der Waals surface area contributed by atoms with Crippen LogP contribution in [-0.4, -0.2) is 50.1 Å². The van der Waals surface area contributed by atoms with E-state index in [1.807, 2.05) is 17.7 Å². The van der Waals surface area contributed by atoms with Crippen molar-refractivity contribution in [3.8, 4) is 0 Å². The van der Waals surface area contributed by atoms with Gasteiger partial charge < -0.3 is 10.2 Å². The van der Waals surface area contributed by atoms with E-state index in [0.29, 0.717) is 18.7 Å². The number of hydrogen-bond donors (Lipinski definition) is 1. The number of aromatic nitrogens is 3. The molecule has 0 bridgehead atoms. The summed E-state index contributed by atoms with van der Waals surface area (Å²) in [6.07, 6.45) is 0. The summed E-state index contributed by atoms with van der Waals surface area (Å²) in [6, 6.07) is 1.87. The molecule has 3 rings (SSSR count). The topological polar surface area (TPSA) is 80.1 Å². The number of fused-ring (bicyclic) bond motifs is 1. The van der Waals surface area contributed by atoms with E-state index < -0.39 is 5.54 Å². The van der Waals surface area contributed by atoms with Crippen molar-refractivity contribution in [3.05, 3.63) is 23.0 Å². The molecular formula is C21H31N5O2. The van der Waals surface area contributed by atoms with Crippen LogP contribution in [0.3, 0.4) is 0 Å². The van der Waals surface area contributed by atoms with Crippen molar-refractivity contribution in [2.24, 2.45) is 0 Å². The molecule has 2 amide bonds. The standard InChI is InChI=1S/C21H31N5O2/c1-12(2)15-11-14(18(27)25-10-9-22-19(28)21(25,7)8)16-13(3)24-26(17(16)23-15)20(4,5)6/h11-12H,9-10H2,1-8H3,(H,22,28). The van der Waals surface area contributed by atoms with Crippen molar-refractivity contribution in [2.45, 2.75) is 72.4 Å². The van der Waals surface area contributed by atoms with E-state index in [2.05, 4.69) is 39.9 Å². The molecule has 0 saturated carbocycles. The Hall–Kier alpha value is -2.44. The number of carbonyl (C=O) groups is 2. The zero-order valence-electron chi connectivity index (χ0n) is 18.2. The maximum atomic E-state index is 13.6. The fraction of sp³-hybridized carbons (Fsp3) is 0.619. The number of amides is 2. The second-order valence-electron chi connectivity index (χ2n) is 9.39. The minimum absolute atomic E-state index is 0.136. The van der Waals surface area contributed by atoms with Gasteiger partial charge in [-0.2, -0.15) is 5.10 Å². The van der Waals surface area contributed by atoms with Crippen LogP contribution < -0.4 is 5.32 Å². The largest absolute Gasteiger partial charge is 0.352 e. The zero-order chi connectivity index (χ0) is 21.0. The molecule has 152 valence electrons. The van der Waals surface area contributed by atoms with Gasteiger partial charge in [0.15, 0.2) is 5.65 Å². The molecule has 1 N–H and O–H groups in total. The van der Waals surface area contributed by atoms with E-state index in [1.54, 1.807) is 18.7 Å². The molecule has 7 nitrogen and oxygen atoms in total. The van der Waals surface area contributed by atoms with E-state index in [4.69, 9.17) is 10.1 Å². The van der Waals surface area contributed by atoms with Crippen LogP contribution in [0.5, 0.6) is 0 Å². The van der Waals surface area contributed by atoms with Crippen molar-refractivity contribution in [2.75, 3.05) is 13.1 Å². The summed E-state index contributed by atoms with van der Waals surface area (Å²) < 4.78 is 1.90.